The van der Waals surface area contributed by atoms with E-state index in [2.05, 4.69) is 40.3 Å². The Bertz CT molecular complexity index is 3170. The molecule has 0 atom stereocenters. The monoisotopic (exact) mass is 902 g/mol. The molecular formula is C54H41B2ClN2O8. The third kappa shape index (κ3) is 7.77. The first kappa shape index (κ1) is 43.9. The highest BCUT2D eigenvalue weighted by Crippen LogP contribution is 2.48. The molecule has 0 aliphatic carbocycles. The number of nitrogens with zero attached hydrogens (tertiary/aromatic N) is 2. The van der Waals surface area contributed by atoms with E-state index in [1.807, 2.05) is 111 Å². The summed E-state index contributed by atoms with van der Waals surface area (Å²) >= 11 is 6.92. The number of phenols is 8. The van der Waals surface area contributed by atoms with Crippen molar-refractivity contribution in [1.29, 1.82) is 0 Å². The van der Waals surface area contributed by atoms with Crippen LogP contribution in [0.1, 0.15) is 11.1 Å². The van der Waals surface area contributed by atoms with E-state index in [0.29, 0.717) is 27.5 Å². The number of pyridine rings is 2. The highest BCUT2D eigenvalue weighted by Gasteiger charge is 2.25. The summed E-state index contributed by atoms with van der Waals surface area (Å²) in [5.74, 6) is -5.25. The zero-order valence-electron chi connectivity index (χ0n) is 36.6. The van der Waals surface area contributed by atoms with Crippen LogP contribution in [0.25, 0.3) is 89.3 Å². The van der Waals surface area contributed by atoms with Crippen LogP contribution in [0, 0.1) is 13.8 Å². The number of hydrogen-bond acceptors (Lipinski definition) is 10. The van der Waals surface area contributed by atoms with E-state index < -0.39 is 46.0 Å². The molecule has 2 heterocycles. The summed E-state index contributed by atoms with van der Waals surface area (Å²) in [5.41, 5.74) is 14.2. The van der Waals surface area contributed by atoms with Crippen molar-refractivity contribution in [1.82, 2.24) is 9.97 Å². The number of halogens is 1. The van der Waals surface area contributed by atoms with Crippen molar-refractivity contribution in [2.24, 2.45) is 0 Å². The Morgan fingerprint density at radius 3 is 1.01 bits per heavy atom. The van der Waals surface area contributed by atoms with Gasteiger partial charge in [0.25, 0.3) is 0 Å². The zero-order valence-corrected chi connectivity index (χ0v) is 37.4. The summed E-state index contributed by atoms with van der Waals surface area (Å²) < 4.78 is 0. The van der Waals surface area contributed by atoms with Gasteiger partial charge in [-0.2, -0.15) is 0 Å². The molecule has 9 aromatic rings. The molecule has 9 rings (SSSR count). The maximum absolute atomic E-state index is 10.7. The molecule has 0 aliphatic rings. The lowest BCUT2D eigenvalue weighted by atomic mass is 9.84. The van der Waals surface area contributed by atoms with Crippen molar-refractivity contribution < 1.29 is 40.9 Å². The highest BCUT2D eigenvalue weighted by atomic mass is 35.5. The van der Waals surface area contributed by atoms with Gasteiger partial charge in [0.2, 0.25) is 23.0 Å². The topological polar surface area (TPSA) is 188 Å². The smallest absolute Gasteiger partial charge is 0.204 e. The second kappa shape index (κ2) is 17.2. The molecule has 7 aromatic carbocycles. The molecule has 0 unspecified atom stereocenters. The molecule has 2 aromatic heterocycles. The molecule has 328 valence electrons. The van der Waals surface area contributed by atoms with Crippen LogP contribution in [-0.4, -0.2) is 66.5 Å². The molecule has 0 fully saturated rings. The molecule has 10 nitrogen and oxygen atoms in total. The third-order valence-electron chi connectivity index (χ3n) is 12.4. The number of aromatic nitrogens is 2. The van der Waals surface area contributed by atoms with Gasteiger partial charge in [0.1, 0.15) is 15.7 Å². The molecule has 0 saturated heterocycles. The van der Waals surface area contributed by atoms with E-state index in [-0.39, 0.29) is 22.1 Å². The van der Waals surface area contributed by atoms with Crippen molar-refractivity contribution in [2.75, 3.05) is 0 Å². The number of phenolic OH excluding ortho intramolecular Hbond substituents is 8. The molecule has 67 heavy (non-hydrogen) atoms. The van der Waals surface area contributed by atoms with Crippen molar-refractivity contribution >= 4 is 38.2 Å². The van der Waals surface area contributed by atoms with Crippen LogP contribution in [-0.2, 0) is 0 Å². The summed E-state index contributed by atoms with van der Waals surface area (Å²) in [6, 6.07) is 42.3. The number of hydrogen-bond donors (Lipinski definition) is 8. The molecular weight excluding hydrogens is 862 g/mol. The Hall–Kier alpha value is -8.34. The quantitative estimate of drug-likeness (QED) is 0.0415. The molecule has 13 heteroatoms. The minimum absolute atomic E-state index is 0.186. The van der Waals surface area contributed by atoms with Crippen LogP contribution in [0.5, 0.6) is 46.0 Å². The highest BCUT2D eigenvalue weighted by molar-refractivity contribution is 6.39. The number of aromatic hydroxyl groups is 8. The van der Waals surface area contributed by atoms with Crippen molar-refractivity contribution in [3.8, 4) is 135 Å². The summed E-state index contributed by atoms with van der Waals surface area (Å²) in [7, 11) is 3.08. The minimum atomic E-state index is -0.798. The molecule has 0 spiro atoms. The first-order valence-corrected chi connectivity index (χ1v) is 21.6. The zero-order chi connectivity index (χ0) is 47.4. The van der Waals surface area contributed by atoms with Crippen LogP contribution in [0.15, 0.2) is 140 Å². The second-order valence-electron chi connectivity index (χ2n) is 16.5. The second-order valence-corrected chi connectivity index (χ2v) is 17.0. The fourth-order valence-electron chi connectivity index (χ4n) is 8.76. The van der Waals surface area contributed by atoms with Crippen molar-refractivity contribution in [2.45, 2.75) is 13.8 Å². The number of benzene rings is 7. The largest absolute Gasteiger partial charge is 0.505 e. The van der Waals surface area contributed by atoms with Gasteiger partial charge >= 0.3 is 0 Å². The maximum Gasteiger partial charge on any atom is 0.204 e. The van der Waals surface area contributed by atoms with E-state index in [1.165, 1.54) is 0 Å². The minimum Gasteiger partial charge on any atom is -0.505 e. The molecule has 8 N–H and O–H groups in total. The van der Waals surface area contributed by atoms with E-state index in [9.17, 15) is 40.9 Å². The maximum atomic E-state index is 10.7. The van der Waals surface area contributed by atoms with Gasteiger partial charge in [0, 0.05) is 50.8 Å². The Morgan fingerprint density at radius 2 is 0.672 bits per heavy atom. The summed E-state index contributed by atoms with van der Waals surface area (Å²) in [6.45, 7) is 3.69. The Kier molecular flexibility index (Phi) is 11.3. The van der Waals surface area contributed by atoms with Gasteiger partial charge in [-0.1, -0.05) is 109 Å². The molecule has 0 aliphatic heterocycles. The number of rotatable bonds is 8. The molecule has 0 saturated carbocycles. The predicted octanol–water partition coefficient (Wildman–Crippen LogP) is 9.24. The Balaban J connectivity index is 0.995. The van der Waals surface area contributed by atoms with Crippen molar-refractivity contribution in [3.63, 3.8) is 0 Å². The first-order valence-electron chi connectivity index (χ1n) is 21.2. The van der Waals surface area contributed by atoms with Crippen LogP contribution >= 0.6 is 11.6 Å². The fourth-order valence-corrected chi connectivity index (χ4v) is 8.99. The lowest BCUT2D eigenvalue weighted by molar-refractivity contribution is 0.348. The van der Waals surface area contributed by atoms with E-state index >= 15 is 0 Å². The fraction of sp³-hybridized carbons (Fsp3) is 0.0370. The first-order chi connectivity index (χ1) is 32.1. The lowest BCUT2D eigenvalue weighted by Crippen LogP contribution is -2.09. The van der Waals surface area contributed by atoms with Gasteiger partial charge in [0.05, 0.1) is 11.4 Å². The van der Waals surface area contributed by atoms with Crippen LogP contribution in [0.4, 0.5) is 0 Å². The SMILES string of the molecule is Bc1c(O)c(O)c(O)c(O)c1-c1cnc(-c2ccc(-c3ccccc3-c3cc(Cl)cc(-c4ccccc4-c4ccc(-c5cc(C)c(-c6c(B)c(O)c(O)c(O)c6O)cn5)cc4)c3)cc2)cc1C. The summed E-state index contributed by atoms with van der Waals surface area (Å²) in [5, 5.41) is 83.0. The van der Waals surface area contributed by atoms with E-state index in [1.54, 1.807) is 28.1 Å². The van der Waals surface area contributed by atoms with Gasteiger partial charge in [0.15, 0.2) is 23.0 Å². The van der Waals surface area contributed by atoms with Crippen LogP contribution < -0.4 is 10.9 Å². The average Bonchev–Trinajstić information content (AvgIpc) is 3.34. The van der Waals surface area contributed by atoms with Gasteiger partial charge in [-0.15, -0.1) is 0 Å². The number of aryl methyl sites for hydroxylation is 2. The van der Waals surface area contributed by atoms with Gasteiger partial charge < -0.3 is 40.9 Å². The molecule has 0 bridgehead atoms. The van der Waals surface area contributed by atoms with Gasteiger partial charge in [-0.25, -0.2) is 0 Å². The normalized spacial score (nSPS) is 11.2. The van der Waals surface area contributed by atoms with Gasteiger partial charge in [-0.3, -0.25) is 9.97 Å². The standard InChI is InChI=1S/C54H41B2ClN2O8/c1-26-19-41(58-24-39(26)43-45(55)49(62)53(66)51(64)47(43)60)30-15-11-28(12-16-30)35-7-3-5-9-37(35)32-21-33(23-34(57)22-32)38-10-6-4-8-36(38)29-13-17-31(18-14-29)42-20-27(2)40(25-59-42)44-46(56)50(63)54(67)52(65)48(44)61/h3-25,60-67H,55-56H2,1-2H3. The van der Waals surface area contributed by atoms with Crippen LogP contribution in [0.2, 0.25) is 5.02 Å². The average molecular weight is 903 g/mol. The molecule has 0 radical (unpaired) electrons. The summed E-state index contributed by atoms with van der Waals surface area (Å²) in [4.78, 5) is 9.32. The van der Waals surface area contributed by atoms with Crippen LogP contribution in [0.3, 0.4) is 0 Å². The third-order valence-corrected chi connectivity index (χ3v) is 12.6. The van der Waals surface area contributed by atoms with Crippen molar-refractivity contribution in [3.05, 3.63) is 156 Å². The van der Waals surface area contributed by atoms with E-state index in [4.69, 9.17) is 11.6 Å². The lowest BCUT2D eigenvalue weighted by Gasteiger charge is -2.16. The van der Waals surface area contributed by atoms with Gasteiger partial charge in [-0.05, 0) is 111 Å². The van der Waals surface area contributed by atoms with E-state index in [0.717, 1.165) is 66.8 Å². The predicted molar refractivity (Wildman–Crippen MR) is 270 cm³/mol. The summed E-state index contributed by atoms with van der Waals surface area (Å²) in [6.07, 6.45) is 3.15. The Morgan fingerprint density at radius 1 is 0.358 bits per heavy atom. The Labute approximate surface area is 392 Å². The molecule has 0 amide bonds.